The van der Waals surface area contributed by atoms with E-state index in [1.54, 1.807) is 34.7 Å². The number of imidazole rings is 1. The maximum absolute atomic E-state index is 14.1. The Kier molecular flexibility index (Phi) is 22.8. The van der Waals surface area contributed by atoms with Crippen molar-refractivity contribution in [3.05, 3.63) is 106 Å². The van der Waals surface area contributed by atoms with E-state index >= 15 is 0 Å². The molecule has 9 N–H and O–H groups in total. The van der Waals surface area contributed by atoms with Crippen LogP contribution in [0.2, 0.25) is 0 Å². The van der Waals surface area contributed by atoms with Gasteiger partial charge in [-0.25, -0.2) is 24.5 Å². The molecule has 4 fully saturated rings. The molecule has 34 nitrogen and oxygen atoms in total. The van der Waals surface area contributed by atoms with E-state index in [-0.39, 0.29) is 68.4 Å². The molecule has 0 radical (unpaired) electrons. The first kappa shape index (κ1) is 72.7. The maximum Gasteiger partial charge on any atom is 0.386 e. The van der Waals surface area contributed by atoms with Crippen LogP contribution >= 0.6 is 25.8 Å². The second-order valence-corrected chi connectivity index (χ2v) is 30.5. The first-order valence-corrected chi connectivity index (χ1v) is 38.1. The van der Waals surface area contributed by atoms with E-state index in [9.17, 15) is 58.0 Å². The minimum absolute atomic E-state index is 0.0591. The van der Waals surface area contributed by atoms with Gasteiger partial charge in [-0.3, -0.25) is 61.1 Å². The number of anilines is 2. The van der Waals surface area contributed by atoms with E-state index < -0.39 is 155 Å². The van der Waals surface area contributed by atoms with E-state index in [1.807, 2.05) is 43.3 Å². The third-order valence-corrected chi connectivity index (χ3v) is 21.4. The standard InChI is InChI=1S/C63H75N15O19P2S2/c1-3-35(2)50(73-59(86)41-15-9-22-75(41)48(83)25-67-45(80)24-66-44(79)18-19-47(82)76-26-38-12-5-4-10-36(38)16-17-37-11-6-7-14-40(37)76)60(87)72-34-91-30-46(81)64-21-23-74-32-71-58-51(61(74)88)70-33-78(58)63-55-52(84)42(94-63)28-92-98(89,100)96-54-43(29-93-99(90,101)97-55)95-62(53(54)85)77-27-39-13-8-20-65-56-49(39)57(77)69-31-68-56/h4-7,10-12,14,27,31-33,35,41-43,50,52-55,62-63,84-85H,3,8-9,13,15,18-26,28-30,34H2,1-2H3,(H,64,81)(H,66,79)(H,67,80)(H,72,87)(H,73,86)(H,89,100)(H,90,101)(H,65,68,69)/t35-,41-,42+,43+,50-,52+,53+,54+,55+,62+,63+,98?,99?/m0/s1. The quantitative estimate of drug-likeness (QED) is 0.0156. The number of para-hydroxylation sites is 1. The van der Waals surface area contributed by atoms with Gasteiger partial charge in [-0.1, -0.05) is 74.7 Å². The van der Waals surface area contributed by atoms with E-state index in [1.165, 1.54) is 33.0 Å². The van der Waals surface area contributed by atoms with E-state index in [4.69, 9.17) is 44.1 Å². The Balaban J connectivity index is 0.577. The molecule has 4 saturated heterocycles. The molecule has 2 unspecified atom stereocenters. The molecule has 0 saturated carbocycles. The van der Waals surface area contributed by atoms with Crippen molar-refractivity contribution in [2.45, 2.75) is 133 Å². The van der Waals surface area contributed by atoms with Gasteiger partial charge in [0.05, 0.1) is 50.2 Å². The number of aryl methyl sites for hydroxylation is 1. The van der Waals surface area contributed by atoms with Crippen LogP contribution in [0.25, 0.3) is 22.2 Å². The fourth-order valence-corrected chi connectivity index (χ4v) is 15.7. The van der Waals surface area contributed by atoms with E-state index in [0.29, 0.717) is 48.5 Å². The highest BCUT2D eigenvalue weighted by Crippen LogP contribution is 2.58. The number of benzene rings is 2. The Hall–Kier alpha value is -8.11. The van der Waals surface area contributed by atoms with Crippen molar-refractivity contribution < 1.29 is 85.5 Å². The Morgan fingerprint density at radius 2 is 1.57 bits per heavy atom. The van der Waals surface area contributed by atoms with Crippen LogP contribution in [0.15, 0.2) is 78.5 Å². The van der Waals surface area contributed by atoms with E-state index in [0.717, 1.165) is 28.5 Å². The number of likely N-dealkylation sites (tertiary alicyclic amines) is 1. The summed E-state index contributed by atoms with van der Waals surface area (Å²) in [5.41, 5.74) is 3.41. The Morgan fingerprint density at radius 3 is 2.40 bits per heavy atom. The number of aliphatic hydroxyl groups excluding tert-OH is 2. The second kappa shape index (κ2) is 31.6. The number of amides is 7. The number of rotatable bonds is 21. The largest absolute Gasteiger partial charge is 0.387 e. The highest BCUT2D eigenvalue weighted by atomic mass is 32.7. The smallest absolute Gasteiger partial charge is 0.386 e. The summed E-state index contributed by atoms with van der Waals surface area (Å²) < 4.78 is 59.3. The van der Waals surface area contributed by atoms with Gasteiger partial charge in [0.1, 0.15) is 86.2 Å². The van der Waals surface area contributed by atoms with Gasteiger partial charge in [0.2, 0.25) is 41.4 Å². The molecule has 10 heterocycles. The summed E-state index contributed by atoms with van der Waals surface area (Å²) in [5.74, 6) is 2.63. The SMILES string of the molecule is CC[C@H](C)[C@H](NC(=O)[C@@H]1CCCN1C(=O)CNC(=O)CNC(=O)CCC(=O)N1Cc2ccccc2C#Cc2ccccc21)C(=O)NCOCC(=O)NCCn1cnc2c(ncn2[C@@H]2O[C@@H]3COP(O)(=S)O[C@H]4[C@@H](O)[C@H](n5cc6c7c(ncnc75)NCCC6)O[C@@H]4COP(=O)(S)O[C@@H]2[C@@H]3O)c1=O. The van der Waals surface area contributed by atoms with Crippen molar-refractivity contribution in [2.24, 2.45) is 5.92 Å². The molecule has 6 aromatic rings. The van der Waals surface area contributed by atoms with Gasteiger partial charge in [-0.05, 0) is 72.7 Å². The summed E-state index contributed by atoms with van der Waals surface area (Å²) in [7, 11) is 0. The topological polar surface area (TPSA) is 424 Å². The number of thiol groups is 1. The molecule has 0 aliphatic carbocycles. The fraction of sp³-hybridized carbons (Fsp3) is 0.492. The maximum atomic E-state index is 14.1. The van der Waals surface area contributed by atoms with Crippen LogP contribution in [-0.2, 0) is 102 Å². The molecule has 6 aliphatic rings. The van der Waals surface area contributed by atoms with Crippen molar-refractivity contribution >= 4 is 113 Å². The number of aromatic nitrogens is 7. The number of hydrogen-bond donors (Lipinski definition) is 10. The average molecular weight is 1470 g/mol. The molecule has 38 heteroatoms. The summed E-state index contributed by atoms with van der Waals surface area (Å²) in [4.78, 5) is 139. The molecule has 538 valence electrons. The molecule has 13 atom stereocenters. The molecule has 101 heavy (non-hydrogen) atoms. The van der Waals surface area contributed by atoms with Gasteiger partial charge < -0.3 is 80.1 Å². The third kappa shape index (κ3) is 16.5. The number of fused-ring (bicyclic) bond motifs is 6. The first-order chi connectivity index (χ1) is 48.5. The number of aliphatic hydroxyl groups is 2. The molecule has 4 aromatic heterocycles. The summed E-state index contributed by atoms with van der Waals surface area (Å²) in [6.45, 7) is -7.37. The lowest BCUT2D eigenvalue weighted by molar-refractivity contribution is -0.140. The minimum Gasteiger partial charge on any atom is -0.387 e. The van der Waals surface area contributed by atoms with Gasteiger partial charge in [-0.2, -0.15) is 0 Å². The number of ether oxygens (including phenoxy) is 3. The zero-order valence-electron chi connectivity index (χ0n) is 54.7. The van der Waals surface area contributed by atoms with Gasteiger partial charge in [0.25, 0.3) is 5.56 Å². The molecule has 0 spiro atoms. The third-order valence-electron chi connectivity index (χ3n) is 18.2. The molecule has 6 aliphatic heterocycles. The molecule has 2 bridgehead atoms. The minimum atomic E-state index is -4.51. The Morgan fingerprint density at radius 1 is 0.812 bits per heavy atom. The Labute approximate surface area is 587 Å². The van der Waals surface area contributed by atoms with Crippen LogP contribution in [0, 0.1) is 17.8 Å². The van der Waals surface area contributed by atoms with Crippen molar-refractivity contribution in [3.63, 3.8) is 0 Å². The normalized spacial score (nSPS) is 26.1. The van der Waals surface area contributed by atoms with Crippen molar-refractivity contribution in [2.75, 3.05) is 69.5 Å². The van der Waals surface area contributed by atoms with Crippen LogP contribution in [-0.4, -0.2) is 203 Å². The highest BCUT2D eigenvalue weighted by molar-refractivity contribution is 8.44. The monoisotopic (exact) mass is 1470 g/mol. The van der Waals surface area contributed by atoms with Crippen LogP contribution < -0.4 is 42.4 Å². The summed E-state index contributed by atoms with van der Waals surface area (Å²) in [5, 5.41) is 40.3. The summed E-state index contributed by atoms with van der Waals surface area (Å²) >= 11 is 9.62. The lowest BCUT2D eigenvalue weighted by atomic mass is 9.97. The number of nitrogens with one attached hydrogen (secondary N) is 6. The predicted molar refractivity (Wildman–Crippen MR) is 364 cm³/mol. The summed E-state index contributed by atoms with van der Waals surface area (Å²) in [6.07, 6.45) is -3.48. The first-order valence-electron chi connectivity index (χ1n) is 32.8. The molecule has 2 aromatic carbocycles. The van der Waals surface area contributed by atoms with Crippen molar-refractivity contribution in [1.29, 1.82) is 0 Å². The highest BCUT2D eigenvalue weighted by Gasteiger charge is 2.53. The zero-order valence-corrected chi connectivity index (χ0v) is 58.2. The molecule has 7 amide bonds. The van der Waals surface area contributed by atoms with Crippen LogP contribution in [0.4, 0.5) is 11.5 Å². The fourth-order valence-electron chi connectivity index (χ4n) is 12.8. The van der Waals surface area contributed by atoms with Gasteiger partial charge in [-0.15, -0.1) is 0 Å². The van der Waals surface area contributed by atoms with Crippen molar-refractivity contribution in [1.82, 2.24) is 65.1 Å². The lowest BCUT2D eigenvalue weighted by Gasteiger charge is -2.28. The molecular formula is C63H75N15O19P2S2. The van der Waals surface area contributed by atoms with Gasteiger partial charge in [0.15, 0.2) is 23.6 Å². The second-order valence-electron chi connectivity index (χ2n) is 24.8. The van der Waals surface area contributed by atoms with Crippen LogP contribution in [0.5, 0.6) is 0 Å². The van der Waals surface area contributed by atoms with Gasteiger partial charge >= 0.3 is 13.5 Å². The number of hydrogen-bond acceptors (Lipinski definition) is 24. The molecule has 12 rings (SSSR count). The lowest BCUT2D eigenvalue weighted by Crippen LogP contribution is -2.56. The number of carbonyl (C=O) groups is 7. The van der Waals surface area contributed by atoms with Crippen molar-refractivity contribution in [3.8, 4) is 11.8 Å². The number of carbonyl (C=O) groups excluding carboxylic acids is 7. The van der Waals surface area contributed by atoms with Crippen LogP contribution in [0.3, 0.4) is 0 Å². The molecular weight excluding hydrogens is 1400 g/mol. The zero-order chi connectivity index (χ0) is 71.3. The number of nitrogens with zero attached hydrogens (tertiary/aromatic N) is 9. The van der Waals surface area contributed by atoms with E-state index in [2.05, 4.69) is 75.9 Å². The van der Waals surface area contributed by atoms with Gasteiger partial charge in [0, 0.05) is 56.3 Å². The Bertz CT molecular complexity index is 4400. The summed E-state index contributed by atoms with van der Waals surface area (Å²) in [6, 6.07) is 12.8. The average Bonchev–Trinajstić information content (AvgIpc) is 1.60. The van der Waals surface area contributed by atoms with Crippen LogP contribution in [0.1, 0.15) is 87.1 Å². The predicted octanol–water partition coefficient (Wildman–Crippen LogP) is 0.672.